The van der Waals surface area contributed by atoms with Crippen LogP contribution >= 0.6 is 0 Å². The first kappa shape index (κ1) is 31.6. The van der Waals surface area contributed by atoms with Crippen molar-refractivity contribution in [3.8, 4) is 40.1 Å². The number of carbonyl (C=O) groups is 1. The zero-order chi connectivity index (χ0) is 29.6. The van der Waals surface area contributed by atoms with Gasteiger partial charge in [-0.25, -0.2) is 0 Å². The van der Waals surface area contributed by atoms with E-state index in [4.69, 9.17) is 9.15 Å². The number of unbranched alkanes of at least 4 members (excludes halogenated alkanes) is 11. The summed E-state index contributed by atoms with van der Waals surface area (Å²) in [6, 6.07) is 5.87. The Morgan fingerprint density at radius 3 is 2.07 bits per heavy atom. The van der Waals surface area contributed by atoms with E-state index in [9.17, 15) is 30.0 Å². The number of hydrogen-bond acceptors (Lipinski definition) is 8. The number of aromatic hydroxyl groups is 4. The van der Waals surface area contributed by atoms with E-state index >= 15 is 0 Å². The van der Waals surface area contributed by atoms with Gasteiger partial charge in [0.15, 0.2) is 17.3 Å². The van der Waals surface area contributed by atoms with Gasteiger partial charge in [-0.3, -0.25) is 9.59 Å². The molecule has 0 unspecified atom stereocenters. The second-order valence-electron chi connectivity index (χ2n) is 10.4. The van der Waals surface area contributed by atoms with Crippen LogP contribution in [0.25, 0.3) is 22.3 Å². The number of benzene rings is 2. The Kier molecular flexibility index (Phi) is 12.6. The van der Waals surface area contributed by atoms with Crippen molar-refractivity contribution < 1.29 is 34.4 Å². The molecule has 1 heterocycles. The summed E-state index contributed by atoms with van der Waals surface area (Å²) in [4.78, 5) is 25.9. The van der Waals surface area contributed by atoms with E-state index in [0.29, 0.717) is 6.42 Å². The first-order valence-electron chi connectivity index (χ1n) is 14.7. The number of phenols is 4. The van der Waals surface area contributed by atoms with Crippen LogP contribution in [0.1, 0.15) is 96.8 Å². The van der Waals surface area contributed by atoms with Gasteiger partial charge in [0.05, 0.1) is 0 Å². The third-order valence-electron chi connectivity index (χ3n) is 7.01. The monoisotopic (exact) mass is 566 g/mol. The van der Waals surface area contributed by atoms with Gasteiger partial charge in [-0.1, -0.05) is 70.4 Å². The maximum Gasteiger partial charge on any atom is 0.311 e. The van der Waals surface area contributed by atoms with Crippen molar-refractivity contribution in [3.05, 3.63) is 52.7 Å². The summed E-state index contributed by atoms with van der Waals surface area (Å²) >= 11 is 0. The van der Waals surface area contributed by atoms with Crippen molar-refractivity contribution in [2.24, 2.45) is 0 Å². The lowest BCUT2D eigenvalue weighted by atomic mass is 10.1. The third kappa shape index (κ3) is 9.59. The van der Waals surface area contributed by atoms with Crippen LogP contribution in [-0.4, -0.2) is 26.4 Å². The maximum absolute atomic E-state index is 13.3. The molecule has 0 aliphatic heterocycles. The van der Waals surface area contributed by atoms with Crippen molar-refractivity contribution in [2.75, 3.05) is 0 Å². The number of fused-ring (bicyclic) bond motifs is 1. The molecule has 0 amide bonds. The van der Waals surface area contributed by atoms with Crippen LogP contribution in [0.5, 0.6) is 28.7 Å². The molecule has 0 atom stereocenters. The summed E-state index contributed by atoms with van der Waals surface area (Å²) < 4.78 is 11.2. The van der Waals surface area contributed by atoms with E-state index in [2.05, 4.69) is 19.1 Å². The van der Waals surface area contributed by atoms with E-state index in [-0.39, 0.29) is 40.2 Å². The predicted molar refractivity (Wildman–Crippen MR) is 160 cm³/mol. The fourth-order valence-corrected chi connectivity index (χ4v) is 4.72. The summed E-state index contributed by atoms with van der Waals surface area (Å²) in [7, 11) is 0. The second kappa shape index (κ2) is 16.4. The number of hydrogen-bond donors (Lipinski definition) is 4. The highest BCUT2D eigenvalue weighted by Crippen LogP contribution is 2.38. The highest BCUT2D eigenvalue weighted by molar-refractivity contribution is 5.89. The van der Waals surface area contributed by atoms with Crippen molar-refractivity contribution >= 4 is 16.9 Å². The molecular weight excluding hydrogens is 524 g/mol. The largest absolute Gasteiger partial charge is 0.508 e. The molecule has 3 rings (SSSR count). The normalized spacial score (nSPS) is 11.4. The molecule has 41 heavy (non-hydrogen) atoms. The molecular formula is C33H42O8. The molecule has 0 saturated heterocycles. The standard InChI is InChI=1S/C33H42O8/c1-2-3-4-5-6-7-8-9-10-11-12-13-14-15-16-17-29(38)41-33-31(39)30-27(37)21-24(34)22-28(30)40-32(33)23-18-19-25(35)26(36)20-23/h9-10,18-22,34-37H,2-8,11-17H2,1H3/b10-9-. The zero-order valence-corrected chi connectivity index (χ0v) is 23.9. The number of rotatable bonds is 17. The molecule has 8 nitrogen and oxygen atoms in total. The number of carbonyl (C=O) groups excluding carboxylic acids is 1. The molecule has 3 aromatic rings. The Bertz CT molecular complexity index is 1370. The maximum atomic E-state index is 13.3. The van der Waals surface area contributed by atoms with Crippen molar-refractivity contribution in [3.63, 3.8) is 0 Å². The van der Waals surface area contributed by atoms with Crippen LogP contribution in [0.3, 0.4) is 0 Å². The summed E-state index contributed by atoms with van der Waals surface area (Å²) in [6.45, 7) is 2.23. The molecule has 4 N–H and O–H groups in total. The van der Waals surface area contributed by atoms with Gasteiger partial charge in [0, 0.05) is 24.1 Å². The lowest BCUT2D eigenvalue weighted by Crippen LogP contribution is -2.16. The molecule has 0 bridgehead atoms. The van der Waals surface area contributed by atoms with E-state index < -0.39 is 28.6 Å². The van der Waals surface area contributed by atoms with Crippen LogP contribution in [0.2, 0.25) is 0 Å². The lowest BCUT2D eigenvalue weighted by Gasteiger charge is -2.12. The number of allylic oxidation sites excluding steroid dienone is 2. The highest BCUT2D eigenvalue weighted by atomic mass is 16.5. The summed E-state index contributed by atoms with van der Waals surface area (Å²) in [5.41, 5.74) is -0.776. The number of esters is 1. The third-order valence-corrected chi connectivity index (χ3v) is 7.01. The molecule has 0 aliphatic carbocycles. The van der Waals surface area contributed by atoms with Gasteiger partial charge in [-0.05, 0) is 50.3 Å². The average Bonchev–Trinajstić information content (AvgIpc) is 2.93. The first-order chi connectivity index (χ1) is 19.8. The van der Waals surface area contributed by atoms with Gasteiger partial charge in [-0.15, -0.1) is 0 Å². The van der Waals surface area contributed by atoms with Crippen LogP contribution in [0.15, 0.2) is 51.7 Å². The fraction of sp³-hybridized carbons (Fsp3) is 0.455. The molecule has 0 saturated carbocycles. The fourth-order valence-electron chi connectivity index (χ4n) is 4.72. The quantitative estimate of drug-likeness (QED) is 0.0555. The predicted octanol–water partition coefficient (Wildman–Crippen LogP) is 8.23. The smallest absolute Gasteiger partial charge is 0.311 e. The van der Waals surface area contributed by atoms with Crippen LogP contribution < -0.4 is 10.2 Å². The molecule has 8 heteroatoms. The Morgan fingerprint density at radius 2 is 1.41 bits per heavy atom. The minimum atomic E-state index is -0.802. The lowest BCUT2D eigenvalue weighted by molar-refractivity contribution is -0.134. The summed E-state index contributed by atoms with van der Waals surface area (Å²) in [5, 5.41) is 39.4. The Hall–Kier alpha value is -3.94. The van der Waals surface area contributed by atoms with Crippen molar-refractivity contribution in [2.45, 2.75) is 96.8 Å². The summed E-state index contributed by atoms with van der Waals surface area (Å²) in [6.07, 6.45) is 19.4. The molecule has 1 aromatic heterocycles. The van der Waals surface area contributed by atoms with Gasteiger partial charge < -0.3 is 29.6 Å². The highest BCUT2D eigenvalue weighted by Gasteiger charge is 2.23. The van der Waals surface area contributed by atoms with Gasteiger partial charge in [0.25, 0.3) is 0 Å². The van der Waals surface area contributed by atoms with Crippen LogP contribution in [-0.2, 0) is 4.79 Å². The number of phenolic OH excluding ortho intramolecular Hbond substituents is 4. The van der Waals surface area contributed by atoms with E-state index in [1.807, 2.05) is 0 Å². The molecule has 0 spiro atoms. The van der Waals surface area contributed by atoms with Crippen LogP contribution in [0.4, 0.5) is 0 Å². The Balaban J connectivity index is 1.51. The van der Waals surface area contributed by atoms with Crippen LogP contribution in [0, 0.1) is 0 Å². The Morgan fingerprint density at radius 1 is 0.780 bits per heavy atom. The van der Waals surface area contributed by atoms with Gasteiger partial charge in [0.2, 0.25) is 11.2 Å². The molecule has 0 aliphatic rings. The molecule has 0 fully saturated rings. The zero-order valence-electron chi connectivity index (χ0n) is 23.9. The second-order valence-corrected chi connectivity index (χ2v) is 10.4. The minimum Gasteiger partial charge on any atom is -0.508 e. The Labute approximate surface area is 240 Å². The topological polar surface area (TPSA) is 137 Å². The van der Waals surface area contributed by atoms with E-state index in [1.54, 1.807) is 0 Å². The summed E-state index contributed by atoms with van der Waals surface area (Å²) in [5.74, 6) is -2.95. The molecule has 0 radical (unpaired) electrons. The molecule has 2 aromatic carbocycles. The van der Waals surface area contributed by atoms with Gasteiger partial charge >= 0.3 is 5.97 Å². The van der Waals surface area contributed by atoms with Gasteiger partial charge in [-0.2, -0.15) is 0 Å². The molecule has 222 valence electrons. The average molecular weight is 567 g/mol. The van der Waals surface area contributed by atoms with Crippen molar-refractivity contribution in [1.82, 2.24) is 0 Å². The van der Waals surface area contributed by atoms with Gasteiger partial charge in [0.1, 0.15) is 22.5 Å². The number of ether oxygens (including phenoxy) is 1. The van der Waals surface area contributed by atoms with Crippen molar-refractivity contribution in [1.29, 1.82) is 0 Å². The SMILES string of the molecule is CCCCCCCC/C=C\CCCCCCCC(=O)Oc1c(-c2ccc(O)c(O)c2)oc2cc(O)cc(O)c2c1=O. The first-order valence-corrected chi connectivity index (χ1v) is 14.7. The van der Waals surface area contributed by atoms with E-state index in [0.717, 1.165) is 56.7 Å². The van der Waals surface area contributed by atoms with E-state index in [1.165, 1.54) is 50.7 Å². The minimum absolute atomic E-state index is 0.0947.